The zero-order valence-electron chi connectivity index (χ0n) is 12.5. The molecule has 0 aromatic heterocycles. The van der Waals surface area contributed by atoms with Crippen LogP contribution in [0.25, 0.3) is 0 Å². The third-order valence-electron chi connectivity index (χ3n) is 3.32. The van der Waals surface area contributed by atoms with Gasteiger partial charge in [-0.1, -0.05) is 39.0 Å². The molecular formula is C17H22N2O. The van der Waals surface area contributed by atoms with Crippen molar-refractivity contribution >= 4 is 17.1 Å². The lowest BCUT2D eigenvalue weighted by molar-refractivity contribution is 0.417. The van der Waals surface area contributed by atoms with Crippen molar-refractivity contribution in [1.82, 2.24) is 0 Å². The quantitative estimate of drug-likeness (QED) is 0.817. The molecule has 2 aromatic rings. The molecule has 3 N–H and O–H groups in total. The van der Waals surface area contributed by atoms with Gasteiger partial charge in [-0.3, -0.25) is 0 Å². The Labute approximate surface area is 120 Å². The van der Waals surface area contributed by atoms with Crippen LogP contribution in [0.2, 0.25) is 0 Å². The maximum absolute atomic E-state index is 6.05. The number of ether oxygens (including phenoxy) is 1. The van der Waals surface area contributed by atoms with Crippen LogP contribution in [-0.4, -0.2) is 7.11 Å². The third kappa shape index (κ3) is 3.05. The summed E-state index contributed by atoms with van der Waals surface area (Å²) in [4.78, 5) is 0. The molecule has 0 bridgehead atoms. The highest BCUT2D eigenvalue weighted by atomic mass is 16.5. The zero-order valence-corrected chi connectivity index (χ0v) is 12.5. The van der Waals surface area contributed by atoms with Crippen LogP contribution in [0.1, 0.15) is 26.3 Å². The van der Waals surface area contributed by atoms with Crippen molar-refractivity contribution in [3.8, 4) is 5.75 Å². The molecule has 0 fully saturated rings. The lowest BCUT2D eigenvalue weighted by Crippen LogP contribution is -2.10. The molecule has 2 aromatic carbocycles. The van der Waals surface area contributed by atoms with E-state index in [-0.39, 0.29) is 5.41 Å². The summed E-state index contributed by atoms with van der Waals surface area (Å²) in [5.41, 5.74) is 10.0. The molecule has 0 spiro atoms. The Balaban J connectivity index is 2.23. The fraction of sp³-hybridized carbons (Fsp3) is 0.294. The maximum Gasteiger partial charge on any atom is 0.143 e. The SMILES string of the molecule is COc1cccc(Nc2ccc(C(C)(C)C)cc2)c1N. The van der Waals surface area contributed by atoms with Gasteiger partial charge in [0.2, 0.25) is 0 Å². The fourth-order valence-electron chi connectivity index (χ4n) is 2.04. The van der Waals surface area contributed by atoms with Crippen LogP contribution in [0, 0.1) is 0 Å². The predicted molar refractivity (Wildman–Crippen MR) is 85.8 cm³/mol. The number of nitrogens with one attached hydrogen (secondary N) is 1. The molecule has 20 heavy (non-hydrogen) atoms. The van der Waals surface area contributed by atoms with Crippen LogP contribution < -0.4 is 15.8 Å². The van der Waals surface area contributed by atoms with Crippen molar-refractivity contribution in [2.24, 2.45) is 0 Å². The average Bonchev–Trinajstić information content (AvgIpc) is 2.41. The molecule has 0 radical (unpaired) electrons. The highest BCUT2D eigenvalue weighted by molar-refractivity contribution is 5.77. The second-order valence-corrected chi connectivity index (χ2v) is 5.87. The lowest BCUT2D eigenvalue weighted by Gasteiger charge is -2.19. The largest absolute Gasteiger partial charge is 0.495 e. The first-order valence-corrected chi connectivity index (χ1v) is 6.72. The fourth-order valence-corrected chi connectivity index (χ4v) is 2.04. The van der Waals surface area contributed by atoms with Crippen LogP contribution >= 0.6 is 0 Å². The van der Waals surface area contributed by atoms with Crippen LogP contribution in [0.15, 0.2) is 42.5 Å². The maximum atomic E-state index is 6.05. The normalized spacial score (nSPS) is 11.2. The van der Waals surface area contributed by atoms with Gasteiger partial charge < -0.3 is 15.8 Å². The molecular weight excluding hydrogens is 248 g/mol. The number of nitrogen functional groups attached to an aromatic ring is 1. The van der Waals surface area contributed by atoms with Crippen molar-refractivity contribution in [2.45, 2.75) is 26.2 Å². The van der Waals surface area contributed by atoms with E-state index in [2.05, 4.69) is 50.4 Å². The Morgan fingerprint density at radius 3 is 2.20 bits per heavy atom. The van der Waals surface area contributed by atoms with E-state index >= 15 is 0 Å². The van der Waals surface area contributed by atoms with Gasteiger partial charge in [-0.25, -0.2) is 0 Å². The van der Waals surface area contributed by atoms with E-state index in [1.807, 2.05) is 18.2 Å². The molecule has 0 aliphatic rings. The molecule has 0 amide bonds. The van der Waals surface area contributed by atoms with Crippen molar-refractivity contribution in [3.05, 3.63) is 48.0 Å². The second-order valence-electron chi connectivity index (χ2n) is 5.87. The van der Waals surface area contributed by atoms with E-state index in [0.29, 0.717) is 11.4 Å². The molecule has 106 valence electrons. The molecule has 3 nitrogen and oxygen atoms in total. The molecule has 0 aliphatic carbocycles. The van der Waals surface area contributed by atoms with Crippen molar-refractivity contribution < 1.29 is 4.74 Å². The van der Waals surface area contributed by atoms with Gasteiger partial charge in [0.15, 0.2) is 0 Å². The van der Waals surface area contributed by atoms with Crippen molar-refractivity contribution in [3.63, 3.8) is 0 Å². The molecule has 2 rings (SSSR count). The smallest absolute Gasteiger partial charge is 0.143 e. The molecule has 0 aliphatic heterocycles. The summed E-state index contributed by atoms with van der Waals surface area (Å²) in [6.45, 7) is 6.61. The topological polar surface area (TPSA) is 47.3 Å². The Kier molecular flexibility index (Phi) is 3.89. The molecule has 0 heterocycles. The number of nitrogens with two attached hydrogens (primary N) is 1. The monoisotopic (exact) mass is 270 g/mol. The summed E-state index contributed by atoms with van der Waals surface area (Å²) in [6, 6.07) is 14.1. The third-order valence-corrected chi connectivity index (χ3v) is 3.32. The highest BCUT2D eigenvalue weighted by Crippen LogP contribution is 2.32. The molecule has 3 heteroatoms. The van der Waals surface area contributed by atoms with Gasteiger partial charge in [-0.15, -0.1) is 0 Å². The van der Waals surface area contributed by atoms with Gasteiger partial charge in [0.05, 0.1) is 18.5 Å². The Bertz CT molecular complexity index is 583. The number of hydrogen-bond donors (Lipinski definition) is 2. The number of hydrogen-bond acceptors (Lipinski definition) is 3. The molecule has 0 saturated heterocycles. The summed E-state index contributed by atoms with van der Waals surface area (Å²) in [5, 5.41) is 3.32. The average molecular weight is 270 g/mol. The minimum Gasteiger partial charge on any atom is -0.495 e. The van der Waals surface area contributed by atoms with Gasteiger partial charge >= 0.3 is 0 Å². The highest BCUT2D eigenvalue weighted by Gasteiger charge is 2.13. The van der Waals surface area contributed by atoms with Crippen LogP contribution in [-0.2, 0) is 5.41 Å². The van der Waals surface area contributed by atoms with E-state index in [1.54, 1.807) is 7.11 Å². The first-order chi connectivity index (χ1) is 9.41. The van der Waals surface area contributed by atoms with Gasteiger partial charge in [-0.05, 0) is 35.2 Å². The van der Waals surface area contributed by atoms with Gasteiger partial charge in [-0.2, -0.15) is 0 Å². The van der Waals surface area contributed by atoms with E-state index in [1.165, 1.54) is 5.56 Å². The van der Waals surface area contributed by atoms with Gasteiger partial charge in [0, 0.05) is 5.69 Å². The number of benzene rings is 2. The number of anilines is 3. The van der Waals surface area contributed by atoms with Crippen LogP contribution in [0.3, 0.4) is 0 Å². The Morgan fingerprint density at radius 2 is 1.65 bits per heavy atom. The number of para-hydroxylation sites is 1. The molecule has 0 saturated carbocycles. The predicted octanol–water partition coefficient (Wildman–Crippen LogP) is 4.32. The second kappa shape index (κ2) is 5.45. The van der Waals surface area contributed by atoms with E-state index in [0.717, 1.165) is 11.4 Å². The minimum absolute atomic E-state index is 0.160. The summed E-state index contributed by atoms with van der Waals surface area (Å²) in [6.07, 6.45) is 0. The van der Waals surface area contributed by atoms with Gasteiger partial charge in [0.25, 0.3) is 0 Å². The van der Waals surface area contributed by atoms with Crippen LogP contribution in [0.4, 0.5) is 17.1 Å². The Morgan fingerprint density at radius 1 is 1.00 bits per heavy atom. The van der Waals surface area contributed by atoms with E-state index in [4.69, 9.17) is 10.5 Å². The summed E-state index contributed by atoms with van der Waals surface area (Å²) in [5.74, 6) is 0.682. The van der Waals surface area contributed by atoms with E-state index in [9.17, 15) is 0 Å². The first-order valence-electron chi connectivity index (χ1n) is 6.72. The first kappa shape index (κ1) is 14.3. The summed E-state index contributed by atoms with van der Waals surface area (Å²) < 4.78 is 5.22. The minimum atomic E-state index is 0.160. The number of methoxy groups -OCH3 is 1. The number of rotatable bonds is 3. The van der Waals surface area contributed by atoms with Crippen molar-refractivity contribution in [2.75, 3.05) is 18.2 Å². The van der Waals surface area contributed by atoms with Crippen molar-refractivity contribution in [1.29, 1.82) is 0 Å². The summed E-state index contributed by atoms with van der Waals surface area (Å²) in [7, 11) is 1.62. The molecule has 0 atom stereocenters. The Hall–Kier alpha value is -2.16. The summed E-state index contributed by atoms with van der Waals surface area (Å²) >= 11 is 0. The van der Waals surface area contributed by atoms with Gasteiger partial charge in [0.1, 0.15) is 5.75 Å². The van der Waals surface area contributed by atoms with Crippen LogP contribution in [0.5, 0.6) is 5.75 Å². The standard InChI is InChI=1S/C17H22N2O/c1-17(2,3)12-8-10-13(11-9-12)19-14-6-5-7-15(20-4)16(14)18/h5-11,19H,18H2,1-4H3. The molecule has 0 unspecified atom stereocenters. The van der Waals surface area contributed by atoms with E-state index < -0.39 is 0 Å². The zero-order chi connectivity index (χ0) is 14.8. The lowest BCUT2D eigenvalue weighted by atomic mass is 9.87.